The molecule has 0 radical (unpaired) electrons. The van der Waals surface area contributed by atoms with Gasteiger partial charge >= 0.3 is 0 Å². The van der Waals surface area contributed by atoms with Gasteiger partial charge in [0, 0.05) is 29.2 Å². The third kappa shape index (κ3) is 4.80. The van der Waals surface area contributed by atoms with Crippen LogP contribution in [0.25, 0.3) is 0 Å². The molecule has 0 bridgehead atoms. The van der Waals surface area contributed by atoms with Crippen LogP contribution in [0.2, 0.25) is 0 Å². The van der Waals surface area contributed by atoms with Crippen LogP contribution in [0.1, 0.15) is 12.8 Å². The standard InChI is InChI=1S/C13H16BrFN4O3S/c14-9-5-10(15)7-11(6-9)18-13(16)12(20)8-1-3-19(4-2-8)23(17,21)22/h5-8H,1-4H2,(H2,16,18)(H2,17,21,22). The van der Waals surface area contributed by atoms with E-state index in [1.807, 2.05) is 0 Å². The van der Waals surface area contributed by atoms with Gasteiger partial charge in [-0.25, -0.2) is 9.53 Å². The van der Waals surface area contributed by atoms with Crippen molar-refractivity contribution in [1.29, 1.82) is 5.41 Å². The van der Waals surface area contributed by atoms with Crippen LogP contribution in [0.15, 0.2) is 22.7 Å². The molecule has 1 heterocycles. The van der Waals surface area contributed by atoms with Crippen LogP contribution in [0.3, 0.4) is 0 Å². The number of hydrogen-bond acceptors (Lipinski definition) is 4. The zero-order valence-electron chi connectivity index (χ0n) is 12.1. The van der Waals surface area contributed by atoms with Crippen molar-refractivity contribution in [2.75, 3.05) is 18.4 Å². The van der Waals surface area contributed by atoms with Crippen molar-refractivity contribution in [1.82, 2.24) is 4.31 Å². The summed E-state index contributed by atoms with van der Waals surface area (Å²) in [6.07, 6.45) is 0.596. The minimum absolute atomic E-state index is 0.147. The molecule has 126 valence electrons. The fourth-order valence-corrected chi connectivity index (χ4v) is 3.59. The third-order valence-electron chi connectivity index (χ3n) is 3.56. The fourth-order valence-electron chi connectivity index (χ4n) is 2.41. The molecule has 1 fully saturated rings. The summed E-state index contributed by atoms with van der Waals surface area (Å²) in [5.74, 6) is -1.73. The highest BCUT2D eigenvalue weighted by atomic mass is 79.9. The lowest BCUT2D eigenvalue weighted by Crippen LogP contribution is -2.44. The second-order valence-corrected chi connectivity index (χ2v) is 7.70. The van der Waals surface area contributed by atoms with E-state index in [1.165, 1.54) is 12.1 Å². The molecule has 0 aromatic heterocycles. The van der Waals surface area contributed by atoms with E-state index in [1.54, 1.807) is 6.07 Å². The average Bonchev–Trinajstić information content (AvgIpc) is 2.44. The van der Waals surface area contributed by atoms with Crippen molar-refractivity contribution in [3.05, 3.63) is 28.5 Å². The number of ketones is 1. The lowest BCUT2D eigenvalue weighted by Gasteiger charge is -2.29. The van der Waals surface area contributed by atoms with Gasteiger partial charge < -0.3 is 5.32 Å². The molecule has 10 heteroatoms. The summed E-state index contributed by atoms with van der Waals surface area (Å²) in [5, 5.41) is 15.4. The smallest absolute Gasteiger partial charge is 0.276 e. The summed E-state index contributed by atoms with van der Waals surface area (Å²) in [6.45, 7) is 0.294. The van der Waals surface area contributed by atoms with Crippen LogP contribution in [0.4, 0.5) is 10.1 Å². The largest absolute Gasteiger partial charge is 0.338 e. The Hall–Kier alpha value is -1.36. The van der Waals surface area contributed by atoms with Crippen LogP contribution in [-0.4, -0.2) is 37.4 Å². The van der Waals surface area contributed by atoms with Crippen LogP contribution in [0.5, 0.6) is 0 Å². The van der Waals surface area contributed by atoms with Crippen molar-refractivity contribution >= 4 is 43.4 Å². The van der Waals surface area contributed by atoms with Crippen LogP contribution < -0.4 is 10.5 Å². The molecule has 7 nitrogen and oxygen atoms in total. The molecule has 1 aromatic rings. The molecule has 1 aromatic carbocycles. The van der Waals surface area contributed by atoms with Gasteiger partial charge in [0.05, 0.1) is 0 Å². The van der Waals surface area contributed by atoms with Crippen LogP contribution in [-0.2, 0) is 15.0 Å². The number of Topliss-reactive ketones (excluding diaryl/α,β-unsaturated/α-hetero) is 1. The SMILES string of the molecule is N=C(Nc1cc(F)cc(Br)c1)C(=O)C1CCN(S(N)(=O)=O)CC1. The van der Waals surface area contributed by atoms with Gasteiger partial charge in [0.25, 0.3) is 10.2 Å². The molecule has 2 rings (SSSR count). The number of hydrogen-bond donors (Lipinski definition) is 3. The van der Waals surface area contributed by atoms with Gasteiger partial charge in [0.2, 0.25) is 5.78 Å². The normalized spacial score (nSPS) is 17.0. The maximum atomic E-state index is 13.3. The third-order valence-corrected chi connectivity index (χ3v) is 5.11. The number of nitrogens with one attached hydrogen (secondary N) is 2. The predicted molar refractivity (Wildman–Crippen MR) is 87.9 cm³/mol. The highest BCUT2D eigenvalue weighted by Gasteiger charge is 2.31. The van der Waals surface area contributed by atoms with E-state index in [0.29, 0.717) is 17.3 Å². The summed E-state index contributed by atoms with van der Waals surface area (Å²) >= 11 is 3.13. The lowest BCUT2D eigenvalue weighted by atomic mass is 9.93. The van der Waals surface area contributed by atoms with E-state index in [4.69, 9.17) is 10.5 Å². The van der Waals surface area contributed by atoms with Crippen molar-refractivity contribution in [2.24, 2.45) is 11.1 Å². The first kappa shape index (κ1) is 18.0. The highest BCUT2D eigenvalue weighted by Crippen LogP contribution is 2.22. The Balaban J connectivity index is 1.97. The fraction of sp³-hybridized carbons (Fsp3) is 0.385. The molecule has 0 amide bonds. The Morgan fingerprint density at radius 3 is 2.48 bits per heavy atom. The first-order valence-electron chi connectivity index (χ1n) is 6.80. The number of anilines is 1. The highest BCUT2D eigenvalue weighted by molar-refractivity contribution is 9.10. The Labute approximate surface area is 141 Å². The Morgan fingerprint density at radius 2 is 1.96 bits per heavy atom. The number of nitrogens with zero attached hydrogens (tertiary/aromatic N) is 1. The summed E-state index contributed by atoms with van der Waals surface area (Å²) in [5.41, 5.74) is 0.289. The molecule has 0 aliphatic carbocycles. The number of halogens is 2. The van der Waals surface area contributed by atoms with E-state index < -0.39 is 27.7 Å². The topological polar surface area (TPSA) is 116 Å². The van der Waals surface area contributed by atoms with E-state index in [0.717, 1.165) is 4.31 Å². The molecule has 1 aliphatic rings. The van der Waals surface area contributed by atoms with Crippen molar-refractivity contribution in [3.8, 4) is 0 Å². The Bertz CT molecular complexity index is 712. The lowest BCUT2D eigenvalue weighted by molar-refractivity contribution is -0.117. The van der Waals surface area contributed by atoms with Gasteiger partial charge in [0.15, 0.2) is 5.84 Å². The molecule has 4 N–H and O–H groups in total. The van der Waals surface area contributed by atoms with Crippen molar-refractivity contribution in [2.45, 2.75) is 12.8 Å². The van der Waals surface area contributed by atoms with Crippen molar-refractivity contribution < 1.29 is 17.6 Å². The van der Waals surface area contributed by atoms with Gasteiger partial charge in [-0.15, -0.1) is 0 Å². The number of amidine groups is 1. The van der Waals surface area contributed by atoms with Gasteiger partial charge in [-0.05, 0) is 31.0 Å². The molecular formula is C13H16BrFN4O3S. The van der Waals surface area contributed by atoms with E-state index in [-0.39, 0.29) is 24.6 Å². The molecular weight excluding hydrogens is 391 g/mol. The van der Waals surface area contributed by atoms with Gasteiger partial charge in [-0.2, -0.15) is 12.7 Å². The summed E-state index contributed by atoms with van der Waals surface area (Å²) in [6, 6.07) is 3.99. The summed E-state index contributed by atoms with van der Waals surface area (Å²) in [7, 11) is -3.75. The number of rotatable bonds is 4. The summed E-state index contributed by atoms with van der Waals surface area (Å²) < 4.78 is 37.3. The second kappa shape index (κ2) is 7.04. The van der Waals surface area contributed by atoms with E-state index in [9.17, 15) is 17.6 Å². The maximum Gasteiger partial charge on any atom is 0.276 e. The maximum absolute atomic E-state index is 13.3. The number of carbonyl (C=O) groups excluding carboxylic acids is 1. The number of benzene rings is 1. The predicted octanol–water partition coefficient (Wildman–Crippen LogP) is 1.46. The zero-order valence-corrected chi connectivity index (χ0v) is 14.5. The first-order chi connectivity index (χ1) is 10.7. The van der Waals surface area contributed by atoms with Crippen molar-refractivity contribution in [3.63, 3.8) is 0 Å². The quantitative estimate of drug-likeness (QED) is 0.518. The molecule has 23 heavy (non-hydrogen) atoms. The molecule has 1 aliphatic heterocycles. The number of carbonyl (C=O) groups is 1. The second-order valence-electron chi connectivity index (χ2n) is 5.24. The van der Waals surface area contributed by atoms with E-state index >= 15 is 0 Å². The summed E-state index contributed by atoms with van der Waals surface area (Å²) in [4.78, 5) is 12.2. The molecule has 0 atom stereocenters. The Kier molecular flexibility index (Phi) is 5.50. The zero-order chi connectivity index (χ0) is 17.2. The molecule has 0 unspecified atom stereocenters. The molecule has 0 spiro atoms. The van der Waals surface area contributed by atoms with Gasteiger partial charge in [0.1, 0.15) is 5.82 Å². The first-order valence-corrected chi connectivity index (χ1v) is 9.10. The van der Waals surface area contributed by atoms with Crippen LogP contribution in [0, 0.1) is 17.1 Å². The van der Waals surface area contributed by atoms with Gasteiger partial charge in [-0.1, -0.05) is 15.9 Å². The number of piperidine rings is 1. The molecule has 0 saturated carbocycles. The average molecular weight is 407 g/mol. The van der Waals surface area contributed by atoms with Gasteiger partial charge in [-0.3, -0.25) is 10.2 Å². The monoisotopic (exact) mass is 406 g/mol. The number of nitrogens with two attached hydrogens (primary N) is 1. The minimum Gasteiger partial charge on any atom is -0.338 e. The minimum atomic E-state index is -3.75. The van der Waals surface area contributed by atoms with Crippen LogP contribution >= 0.6 is 15.9 Å². The molecule has 1 saturated heterocycles. The van der Waals surface area contributed by atoms with E-state index in [2.05, 4.69) is 21.2 Å². The Morgan fingerprint density at radius 1 is 1.35 bits per heavy atom.